The standard InChI is InChI=1S/C12H15ClN2OS/c1-4-5-7(2)16-10-9-6-8(3)17-11(9)15-12(13)14-10/h6-7H,4-5H2,1-3H3. The Bertz CT molecular complexity index is 526. The number of aryl methyl sites for hydroxylation is 1. The van der Waals surface area contributed by atoms with E-state index in [1.165, 1.54) is 4.88 Å². The van der Waals surface area contributed by atoms with Gasteiger partial charge in [0.25, 0.3) is 0 Å². The Kier molecular flexibility index (Phi) is 3.84. The van der Waals surface area contributed by atoms with Crippen molar-refractivity contribution < 1.29 is 4.74 Å². The fraction of sp³-hybridized carbons (Fsp3) is 0.500. The number of fused-ring (bicyclic) bond motifs is 1. The van der Waals surface area contributed by atoms with Crippen LogP contribution in [-0.4, -0.2) is 16.1 Å². The lowest BCUT2D eigenvalue weighted by Crippen LogP contribution is -2.12. The van der Waals surface area contributed by atoms with E-state index in [-0.39, 0.29) is 11.4 Å². The van der Waals surface area contributed by atoms with E-state index in [1.54, 1.807) is 11.3 Å². The smallest absolute Gasteiger partial charge is 0.227 e. The summed E-state index contributed by atoms with van der Waals surface area (Å²) in [5, 5.41) is 1.21. The molecule has 0 N–H and O–H groups in total. The van der Waals surface area contributed by atoms with Crippen LogP contribution in [0, 0.1) is 6.92 Å². The van der Waals surface area contributed by atoms with E-state index in [1.807, 2.05) is 19.9 Å². The number of nitrogens with zero attached hydrogens (tertiary/aromatic N) is 2. The molecule has 0 saturated carbocycles. The zero-order valence-corrected chi connectivity index (χ0v) is 11.7. The van der Waals surface area contributed by atoms with Crippen molar-refractivity contribution >= 4 is 33.2 Å². The molecule has 1 unspecified atom stereocenters. The van der Waals surface area contributed by atoms with Gasteiger partial charge in [-0.05, 0) is 37.9 Å². The Morgan fingerprint density at radius 1 is 1.47 bits per heavy atom. The Labute approximate surface area is 110 Å². The van der Waals surface area contributed by atoms with Crippen molar-refractivity contribution in [2.24, 2.45) is 0 Å². The molecule has 0 fully saturated rings. The van der Waals surface area contributed by atoms with E-state index < -0.39 is 0 Å². The third kappa shape index (κ3) is 2.87. The first-order valence-electron chi connectivity index (χ1n) is 5.70. The predicted molar refractivity (Wildman–Crippen MR) is 72.2 cm³/mol. The van der Waals surface area contributed by atoms with Crippen molar-refractivity contribution in [2.75, 3.05) is 0 Å². The fourth-order valence-electron chi connectivity index (χ4n) is 1.74. The summed E-state index contributed by atoms with van der Waals surface area (Å²) in [5.41, 5.74) is 0. The van der Waals surface area contributed by atoms with E-state index in [0.717, 1.165) is 23.1 Å². The summed E-state index contributed by atoms with van der Waals surface area (Å²) in [6.45, 7) is 6.22. The Morgan fingerprint density at radius 2 is 2.24 bits per heavy atom. The third-order valence-corrected chi connectivity index (χ3v) is 3.58. The second-order valence-electron chi connectivity index (χ2n) is 4.09. The lowest BCUT2D eigenvalue weighted by atomic mass is 10.2. The first-order valence-corrected chi connectivity index (χ1v) is 6.90. The Balaban J connectivity index is 2.37. The van der Waals surface area contributed by atoms with Gasteiger partial charge in [0, 0.05) is 4.88 Å². The molecule has 2 heterocycles. The van der Waals surface area contributed by atoms with Crippen LogP contribution < -0.4 is 4.74 Å². The summed E-state index contributed by atoms with van der Waals surface area (Å²) in [4.78, 5) is 10.5. The van der Waals surface area contributed by atoms with Crippen molar-refractivity contribution in [3.05, 3.63) is 16.2 Å². The summed E-state index contributed by atoms with van der Waals surface area (Å²) < 4.78 is 5.83. The van der Waals surface area contributed by atoms with Gasteiger partial charge in [0.15, 0.2) is 0 Å². The molecule has 0 amide bonds. The monoisotopic (exact) mass is 270 g/mol. The van der Waals surface area contributed by atoms with Crippen LogP contribution >= 0.6 is 22.9 Å². The van der Waals surface area contributed by atoms with Crippen LogP contribution in [-0.2, 0) is 0 Å². The van der Waals surface area contributed by atoms with Gasteiger partial charge >= 0.3 is 0 Å². The van der Waals surface area contributed by atoms with E-state index in [9.17, 15) is 0 Å². The topological polar surface area (TPSA) is 35.0 Å². The normalized spacial score (nSPS) is 12.9. The molecular formula is C12H15ClN2OS. The molecule has 2 rings (SSSR count). The molecule has 3 nitrogen and oxygen atoms in total. The van der Waals surface area contributed by atoms with Crippen molar-refractivity contribution in [2.45, 2.75) is 39.7 Å². The molecule has 0 saturated heterocycles. The number of rotatable bonds is 4. The molecular weight excluding hydrogens is 256 g/mol. The molecule has 92 valence electrons. The molecule has 2 aromatic heterocycles. The molecule has 0 aliphatic heterocycles. The molecule has 0 spiro atoms. The summed E-state index contributed by atoms with van der Waals surface area (Å²) in [5.74, 6) is 0.602. The van der Waals surface area contributed by atoms with Gasteiger partial charge in [-0.15, -0.1) is 11.3 Å². The summed E-state index contributed by atoms with van der Waals surface area (Å²) in [6, 6.07) is 2.05. The summed E-state index contributed by atoms with van der Waals surface area (Å²) >= 11 is 7.50. The van der Waals surface area contributed by atoms with E-state index in [2.05, 4.69) is 16.9 Å². The zero-order valence-electron chi connectivity index (χ0n) is 10.2. The zero-order chi connectivity index (χ0) is 12.4. The first-order chi connectivity index (χ1) is 8.10. The second kappa shape index (κ2) is 5.19. The predicted octanol–water partition coefficient (Wildman–Crippen LogP) is 4.22. The molecule has 0 radical (unpaired) electrons. The SMILES string of the molecule is CCCC(C)Oc1nc(Cl)nc2sc(C)cc12. The van der Waals surface area contributed by atoms with Gasteiger partial charge in [0.1, 0.15) is 4.83 Å². The number of ether oxygens (including phenoxy) is 1. The van der Waals surface area contributed by atoms with Gasteiger partial charge in [-0.3, -0.25) is 0 Å². The van der Waals surface area contributed by atoms with Crippen LogP contribution in [0.4, 0.5) is 0 Å². The molecule has 0 aliphatic carbocycles. The second-order valence-corrected chi connectivity index (χ2v) is 5.66. The van der Waals surface area contributed by atoms with E-state index in [0.29, 0.717) is 5.88 Å². The maximum atomic E-state index is 5.90. The van der Waals surface area contributed by atoms with Crippen molar-refractivity contribution in [1.29, 1.82) is 0 Å². The van der Waals surface area contributed by atoms with Gasteiger partial charge < -0.3 is 4.74 Å². The molecule has 17 heavy (non-hydrogen) atoms. The lowest BCUT2D eigenvalue weighted by Gasteiger charge is -2.13. The van der Waals surface area contributed by atoms with Crippen LogP contribution in [0.5, 0.6) is 5.88 Å². The highest BCUT2D eigenvalue weighted by Gasteiger charge is 2.13. The van der Waals surface area contributed by atoms with Crippen molar-refractivity contribution in [1.82, 2.24) is 9.97 Å². The molecule has 0 aliphatic rings. The molecule has 0 aromatic carbocycles. The Hall–Kier alpha value is -0.870. The number of hydrogen-bond donors (Lipinski definition) is 0. The maximum absolute atomic E-state index is 5.90. The van der Waals surface area contributed by atoms with Gasteiger partial charge in [0.2, 0.25) is 11.2 Å². The highest BCUT2D eigenvalue weighted by Crippen LogP contribution is 2.31. The molecule has 0 bridgehead atoms. The van der Waals surface area contributed by atoms with E-state index >= 15 is 0 Å². The molecule has 5 heteroatoms. The number of aromatic nitrogens is 2. The summed E-state index contributed by atoms with van der Waals surface area (Å²) in [7, 11) is 0. The van der Waals surface area contributed by atoms with Gasteiger partial charge in [-0.1, -0.05) is 13.3 Å². The minimum Gasteiger partial charge on any atom is -0.474 e. The molecule has 1 atom stereocenters. The lowest BCUT2D eigenvalue weighted by molar-refractivity contribution is 0.204. The molecule has 2 aromatic rings. The van der Waals surface area contributed by atoms with Crippen molar-refractivity contribution in [3.8, 4) is 5.88 Å². The third-order valence-electron chi connectivity index (χ3n) is 2.46. The van der Waals surface area contributed by atoms with Crippen LogP contribution in [0.2, 0.25) is 5.28 Å². The highest BCUT2D eigenvalue weighted by molar-refractivity contribution is 7.18. The summed E-state index contributed by atoms with van der Waals surface area (Å²) in [6.07, 6.45) is 2.24. The van der Waals surface area contributed by atoms with Gasteiger partial charge in [0.05, 0.1) is 11.5 Å². The van der Waals surface area contributed by atoms with Crippen LogP contribution in [0.25, 0.3) is 10.2 Å². The van der Waals surface area contributed by atoms with Crippen LogP contribution in [0.1, 0.15) is 31.6 Å². The fourth-order valence-corrected chi connectivity index (χ4v) is 2.82. The quantitative estimate of drug-likeness (QED) is 0.780. The minimum absolute atomic E-state index is 0.148. The first kappa shape index (κ1) is 12.6. The van der Waals surface area contributed by atoms with Crippen LogP contribution in [0.15, 0.2) is 6.07 Å². The van der Waals surface area contributed by atoms with E-state index in [4.69, 9.17) is 16.3 Å². The number of halogens is 1. The average Bonchev–Trinajstić information content (AvgIpc) is 2.58. The van der Waals surface area contributed by atoms with Gasteiger partial charge in [-0.2, -0.15) is 4.98 Å². The Morgan fingerprint density at radius 3 is 2.94 bits per heavy atom. The highest BCUT2D eigenvalue weighted by atomic mass is 35.5. The number of thiophene rings is 1. The largest absolute Gasteiger partial charge is 0.474 e. The minimum atomic E-state index is 0.148. The van der Waals surface area contributed by atoms with Gasteiger partial charge in [-0.25, -0.2) is 4.98 Å². The van der Waals surface area contributed by atoms with Crippen LogP contribution in [0.3, 0.4) is 0 Å². The maximum Gasteiger partial charge on any atom is 0.227 e. The average molecular weight is 271 g/mol. The number of hydrogen-bond acceptors (Lipinski definition) is 4. The van der Waals surface area contributed by atoms with Crippen molar-refractivity contribution in [3.63, 3.8) is 0 Å².